The van der Waals surface area contributed by atoms with Crippen LogP contribution in [-0.2, 0) is 16.0 Å². The van der Waals surface area contributed by atoms with Gasteiger partial charge in [0.05, 0.1) is 7.11 Å². The van der Waals surface area contributed by atoms with Crippen molar-refractivity contribution in [3.05, 3.63) is 33.5 Å². The van der Waals surface area contributed by atoms with Crippen molar-refractivity contribution in [3.63, 3.8) is 0 Å². The van der Waals surface area contributed by atoms with Crippen LogP contribution in [-0.4, -0.2) is 18.9 Å². The maximum Gasteiger partial charge on any atom is 0.316 e. The fourth-order valence-electron chi connectivity index (χ4n) is 1.85. The van der Waals surface area contributed by atoms with Crippen molar-refractivity contribution in [1.29, 1.82) is 0 Å². The Bertz CT molecular complexity index is 484. The third-order valence-corrected chi connectivity index (χ3v) is 3.09. The summed E-state index contributed by atoms with van der Waals surface area (Å²) in [6, 6.07) is 2.81. The molecule has 1 aromatic rings. The Morgan fingerprint density at radius 3 is 2.88 bits per heavy atom. The van der Waals surface area contributed by atoms with Crippen molar-refractivity contribution in [2.75, 3.05) is 7.11 Å². The van der Waals surface area contributed by atoms with Crippen LogP contribution >= 0.6 is 15.9 Å². The molecule has 1 unspecified atom stereocenters. The van der Waals surface area contributed by atoms with Gasteiger partial charge in [0.25, 0.3) is 0 Å². The standard InChI is InChI=1S/C11H8BrFO3/c1-16-11(15)8-4-6-7(10(8)14)2-5(12)3-9(6)13/h2-3,8H,4H2,1H3. The number of hydrogen-bond acceptors (Lipinski definition) is 3. The molecule has 1 atom stereocenters. The summed E-state index contributed by atoms with van der Waals surface area (Å²) in [5.41, 5.74) is 0.561. The smallest absolute Gasteiger partial charge is 0.316 e. The van der Waals surface area contributed by atoms with E-state index in [2.05, 4.69) is 20.7 Å². The van der Waals surface area contributed by atoms with Crippen LogP contribution in [0.1, 0.15) is 15.9 Å². The van der Waals surface area contributed by atoms with E-state index in [1.54, 1.807) is 0 Å². The molecule has 0 aromatic heterocycles. The molecular weight excluding hydrogens is 279 g/mol. The van der Waals surface area contributed by atoms with E-state index in [-0.39, 0.29) is 17.8 Å². The largest absolute Gasteiger partial charge is 0.468 e. The molecule has 0 heterocycles. The number of methoxy groups -OCH3 is 1. The molecule has 5 heteroatoms. The third kappa shape index (κ3) is 1.65. The van der Waals surface area contributed by atoms with Gasteiger partial charge in [-0.15, -0.1) is 0 Å². The average molecular weight is 287 g/mol. The monoisotopic (exact) mass is 286 g/mol. The van der Waals surface area contributed by atoms with E-state index in [9.17, 15) is 14.0 Å². The average Bonchev–Trinajstić information content (AvgIpc) is 2.56. The number of fused-ring (bicyclic) bond motifs is 1. The Labute approximate surface area is 99.7 Å². The van der Waals surface area contributed by atoms with Gasteiger partial charge < -0.3 is 4.74 Å². The van der Waals surface area contributed by atoms with Gasteiger partial charge in [0.2, 0.25) is 0 Å². The van der Waals surface area contributed by atoms with Crippen LogP contribution in [0, 0.1) is 11.7 Å². The van der Waals surface area contributed by atoms with E-state index in [1.807, 2.05) is 0 Å². The summed E-state index contributed by atoms with van der Waals surface area (Å²) in [4.78, 5) is 23.1. The van der Waals surface area contributed by atoms with Gasteiger partial charge in [-0.2, -0.15) is 0 Å². The number of ether oxygens (including phenoxy) is 1. The van der Waals surface area contributed by atoms with Crippen LogP contribution in [0.15, 0.2) is 16.6 Å². The zero-order valence-electron chi connectivity index (χ0n) is 8.42. The van der Waals surface area contributed by atoms with Gasteiger partial charge in [-0.05, 0) is 18.6 Å². The molecule has 3 nitrogen and oxygen atoms in total. The summed E-state index contributed by atoms with van der Waals surface area (Å²) in [5, 5.41) is 0. The molecule has 0 N–H and O–H groups in total. The first kappa shape index (κ1) is 11.3. The van der Waals surface area contributed by atoms with E-state index in [4.69, 9.17) is 0 Å². The molecule has 0 bridgehead atoms. The van der Waals surface area contributed by atoms with Gasteiger partial charge in [0, 0.05) is 15.6 Å². The number of hydrogen-bond donors (Lipinski definition) is 0. The molecule has 0 amide bonds. The number of rotatable bonds is 1. The number of ketones is 1. The number of carbonyl (C=O) groups is 2. The van der Waals surface area contributed by atoms with Gasteiger partial charge in [-0.3, -0.25) is 9.59 Å². The van der Waals surface area contributed by atoms with Gasteiger partial charge in [-0.25, -0.2) is 4.39 Å². The zero-order chi connectivity index (χ0) is 11.9. The minimum atomic E-state index is -0.899. The predicted octanol–water partition coefficient (Wildman–Crippen LogP) is 2.12. The molecule has 0 saturated heterocycles. The first-order valence-electron chi connectivity index (χ1n) is 4.64. The molecule has 1 aromatic carbocycles. The first-order valence-corrected chi connectivity index (χ1v) is 5.44. The summed E-state index contributed by atoms with van der Waals surface area (Å²) < 4.78 is 18.5. The number of benzene rings is 1. The van der Waals surface area contributed by atoms with E-state index < -0.39 is 17.7 Å². The van der Waals surface area contributed by atoms with Crippen molar-refractivity contribution in [1.82, 2.24) is 0 Å². The molecule has 1 aliphatic carbocycles. The lowest BCUT2D eigenvalue weighted by Crippen LogP contribution is -2.21. The summed E-state index contributed by atoms with van der Waals surface area (Å²) >= 11 is 3.11. The van der Waals surface area contributed by atoms with Gasteiger partial charge in [-0.1, -0.05) is 15.9 Å². The molecule has 1 aliphatic rings. The maximum atomic E-state index is 13.5. The Morgan fingerprint density at radius 1 is 1.56 bits per heavy atom. The predicted molar refractivity (Wildman–Crippen MR) is 57.6 cm³/mol. The highest BCUT2D eigenvalue weighted by Crippen LogP contribution is 2.32. The molecule has 2 rings (SSSR count). The minimum absolute atomic E-state index is 0.0833. The van der Waals surface area contributed by atoms with Crippen LogP contribution in [0.25, 0.3) is 0 Å². The molecule has 0 spiro atoms. The zero-order valence-corrected chi connectivity index (χ0v) is 10.0. The molecule has 0 radical (unpaired) electrons. The number of halogens is 2. The van der Waals surface area contributed by atoms with Gasteiger partial charge in [0.1, 0.15) is 11.7 Å². The van der Waals surface area contributed by atoms with E-state index >= 15 is 0 Å². The Kier molecular flexibility index (Phi) is 2.80. The lowest BCUT2D eigenvalue weighted by molar-refractivity contribution is -0.143. The summed E-state index contributed by atoms with van der Waals surface area (Å²) in [7, 11) is 1.21. The molecule has 0 saturated carbocycles. The highest BCUT2D eigenvalue weighted by atomic mass is 79.9. The van der Waals surface area contributed by atoms with E-state index in [1.165, 1.54) is 19.2 Å². The van der Waals surface area contributed by atoms with Crippen LogP contribution in [0.4, 0.5) is 4.39 Å². The summed E-state index contributed by atoms with van der Waals surface area (Å²) in [5.74, 6) is -2.35. The van der Waals surface area contributed by atoms with E-state index in [0.29, 0.717) is 10.0 Å². The van der Waals surface area contributed by atoms with Crippen LogP contribution in [0.2, 0.25) is 0 Å². The topological polar surface area (TPSA) is 43.4 Å². The van der Waals surface area contributed by atoms with Gasteiger partial charge >= 0.3 is 5.97 Å². The highest BCUT2D eigenvalue weighted by Gasteiger charge is 2.38. The fourth-order valence-corrected chi connectivity index (χ4v) is 2.28. The number of carbonyl (C=O) groups excluding carboxylic acids is 2. The summed E-state index contributed by atoms with van der Waals surface area (Å²) in [6.07, 6.45) is 0.0833. The SMILES string of the molecule is COC(=O)C1Cc2c(F)cc(Br)cc2C1=O. The van der Waals surface area contributed by atoms with Gasteiger partial charge in [0.15, 0.2) is 5.78 Å². The third-order valence-electron chi connectivity index (χ3n) is 2.64. The van der Waals surface area contributed by atoms with Crippen LogP contribution in [0.3, 0.4) is 0 Å². The first-order chi connectivity index (χ1) is 7.54. The lowest BCUT2D eigenvalue weighted by atomic mass is 10.1. The van der Waals surface area contributed by atoms with Crippen LogP contribution < -0.4 is 0 Å². The molecule has 16 heavy (non-hydrogen) atoms. The Morgan fingerprint density at radius 2 is 2.25 bits per heavy atom. The minimum Gasteiger partial charge on any atom is -0.468 e. The molecule has 0 fully saturated rings. The molecule has 84 valence electrons. The second-order valence-electron chi connectivity index (χ2n) is 3.56. The fraction of sp³-hybridized carbons (Fsp3) is 0.273. The van der Waals surface area contributed by atoms with Crippen molar-refractivity contribution in [2.45, 2.75) is 6.42 Å². The molecular formula is C11H8BrFO3. The Hall–Kier alpha value is -1.23. The summed E-state index contributed by atoms with van der Waals surface area (Å²) in [6.45, 7) is 0. The second-order valence-corrected chi connectivity index (χ2v) is 4.47. The maximum absolute atomic E-state index is 13.5. The lowest BCUT2D eigenvalue weighted by Gasteiger charge is -2.03. The van der Waals surface area contributed by atoms with Crippen molar-refractivity contribution in [3.8, 4) is 0 Å². The van der Waals surface area contributed by atoms with Crippen molar-refractivity contribution in [2.24, 2.45) is 5.92 Å². The van der Waals surface area contributed by atoms with Crippen molar-refractivity contribution < 1.29 is 18.7 Å². The highest BCUT2D eigenvalue weighted by molar-refractivity contribution is 9.10. The molecule has 0 aliphatic heterocycles. The Balaban J connectivity index is 2.46. The number of Topliss-reactive ketones (excluding diaryl/α,β-unsaturated/α-hetero) is 1. The van der Waals surface area contributed by atoms with E-state index in [0.717, 1.165) is 0 Å². The van der Waals surface area contributed by atoms with Crippen LogP contribution in [0.5, 0.6) is 0 Å². The quantitative estimate of drug-likeness (QED) is 0.587. The second kappa shape index (κ2) is 3.97. The number of esters is 1. The van der Waals surface area contributed by atoms with Crippen molar-refractivity contribution >= 4 is 27.7 Å². The normalized spacial score (nSPS) is 18.4.